The van der Waals surface area contributed by atoms with E-state index < -0.39 is 5.97 Å². The van der Waals surface area contributed by atoms with Gasteiger partial charge in [0.15, 0.2) is 0 Å². The molecule has 0 atom stereocenters. The Morgan fingerprint density at radius 3 is 2.93 bits per heavy atom. The second-order valence-corrected chi connectivity index (χ2v) is 3.75. The maximum Gasteiger partial charge on any atom is 0.304 e. The molecular formula is C11H19NO2. The van der Waals surface area contributed by atoms with Crippen molar-refractivity contribution in [3.8, 4) is 0 Å². The van der Waals surface area contributed by atoms with Crippen molar-refractivity contribution in [2.75, 3.05) is 13.1 Å². The Balaban J connectivity index is 1.98. The van der Waals surface area contributed by atoms with Crippen LogP contribution >= 0.6 is 0 Å². The third-order valence-corrected chi connectivity index (χ3v) is 2.52. The molecule has 0 heterocycles. The summed E-state index contributed by atoms with van der Waals surface area (Å²) in [5.74, 6) is -0.727. The van der Waals surface area contributed by atoms with Crippen LogP contribution < -0.4 is 5.32 Å². The predicted octanol–water partition coefficient (Wildman–Crippen LogP) is 1.94. The molecule has 0 aromatic heterocycles. The number of rotatable bonds is 6. The van der Waals surface area contributed by atoms with E-state index in [2.05, 4.69) is 11.4 Å². The van der Waals surface area contributed by atoms with Crippen molar-refractivity contribution in [3.63, 3.8) is 0 Å². The topological polar surface area (TPSA) is 49.3 Å². The van der Waals surface area contributed by atoms with Gasteiger partial charge in [0.25, 0.3) is 0 Å². The van der Waals surface area contributed by atoms with E-state index in [1.807, 2.05) is 0 Å². The first-order chi connectivity index (χ1) is 6.79. The number of carbonyl (C=O) groups is 1. The average molecular weight is 197 g/mol. The summed E-state index contributed by atoms with van der Waals surface area (Å²) in [6, 6.07) is 0. The van der Waals surface area contributed by atoms with Crippen LogP contribution in [0.2, 0.25) is 0 Å². The molecule has 0 amide bonds. The van der Waals surface area contributed by atoms with Crippen molar-refractivity contribution >= 4 is 5.97 Å². The summed E-state index contributed by atoms with van der Waals surface area (Å²) in [5.41, 5.74) is 1.54. The van der Waals surface area contributed by atoms with Crippen LogP contribution in [0.15, 0.2) is 11.6 Å². The summed E-state index contributed by atoms with van der Waals surface area (Å²) in [4.78, 5) is 10.2. The Hall–Kier alpha value is -0.830. The zero-order valence-corrected chi connectivity index (χ0v) is 8.59. The van der Waals surface area contributed by atoms with E-state index in [9.17, 15) is 4.79 Å². The van der Waals surface area contributed by atoms with Crippen molar-refractivity contribution in [1.29, 1.82) is 0 Å². The van der Waals surface area contributed by atoms with Crippen LogP contribution in [0, 0.1) is 0 Å². The molecule has 80 valence electrons. The van der Waals surface area contributed by atoms with E-state index in [0.29, 0.717) is 6.54 Å². The fraction of sp³-hybridized carbons (Fsp3) is 0.727. The van der Waals surface area contributed by atoms with E-state index in [1.54, 1.807) is 5.57 Å². The van der Waals surface area contributed by atoms with E-state index >= 15 is 0 Å². The van der Waals surface area contributed by atoms with Crippen molar-refractivity contribution in [2.45, 2.75) is 38.5 Å². The van der Waals surface area contributed by atoms with Gasteiger partial charge in [-0.2, -0.15) is 0 Å². The summed E-state index contributed by atoms with van der Waals surface area (Å²) in [6.45, 7) is 1.50. The lowest BCUT2D eigenvalue weighted by Crippen LogP contribution is -2.19. The predicted molar refractivity (Wildman–Crippen MR) is 56.3 cm³/mol. The maximum atomic E-state index is 10.2. The van der Waals surface area contributed by atoms with Gasteiger partial charge in [0, 0.05) is 6.54 Å². The van der Waals surface area contributed by atoms with Crippen molar-refractivity contribution in [2.24, 2.45) is 0 Å². The number of aliphatic carboxylic acids is 1. The van der Waals surface area contributed by atoms with Gasteiger partial charge in [-0.05, 0) is 38.6 Å². The number of carboxylic acids is 1. The molecule has 1 rings (SSSR count). The van der Waals surface area contributed by atoms with Gasteiger partial charge in [-0.15, -0.1) is 0 Å². The highest BCUT2D eigenvalue weighted by atomic mass is 16.4. The Morgan fingerprint density at radius 1 is 1.43 bits per heavy atom. The molecule has 0 saturated carbocycles. The van der Waals surface area contributed by atoms with Gasteiger partial charge in [-0.3, -0.25) is 4.79 Å². The van der Waals surface area contributed by atoms with Gasteiger partial charge in [0.05, 0.1) is 6.42 Å². The molecule has 2 N–H and O–H groups in total. The lowest BCUT2D eigenvalue weighted by Gasteiger charge is -2.12. The third-order valence-electron chi connectivity index (χ3n) is 2.52. The molecule has 3 heteroatoms. The lowest BCUT2D eigenvalue weighted by atomic mass is 9.97. The second kappa shape index (κ2) is 6.60. The van der Waals surface area contributed by atoms with Gasteiger partial charge in [0.1, 0.15) is 0 Å². The molecule has 3 nitrogen and oxygen atoms in total. The molecule has 14 heavy (non-hydrogen) atoms. The molecule has 0 aromatic carbocycles. The zero-order valence-electron chi connectivity index (χ0n) is 8.59. The largest absolute Gasteiger partial charge is 0.481 e. The molecule has 0 spiro atoms. The minimum Gasteiger partial charge on any atom is -0.481 e. The van der Waals surface area contributed by atoms with Gasteiger partial charge in [-0.25, -0.2) is 0 Å². The normalized spacial score (nSPS) is 16.4. The molecular weight excluding hydrogens is 178 g/mol. The highest BCUT2D eigenvalue weighted by Crippen LogP contribution is 2.19. The number of nitrogens with one attached hydrogen (secondary N) is 1. The first-order valence-corrected chi connectivity index (χ1v) is 5.39. The third kappa shape index (κ3) is 5.02. The molecule has 1 aliphatic rings. The van der Waals surface area contributed by atoms with Crippen molar-refractivity contribution < 1.29 is 9.90 Å². The number of carboxylic acid groups (broad SMARTS) is 1. The lowest BCUT2D eigenvalue weighted by molar-refractivity contribution is -0.136. The molecule has 0 bridgehead atoms. The molecule has 0 radical (unpaired) electrons. The summed E-state index contributed by atoms with van der Waals surface area (Å²) in [5, 5.41) is 11.6. The summed E-state index contributed by atoms with van der Waals surface area (Å²) < 4.78 is 0. The number of allylic oxidation sites excluding steroid dienone is 1. The van der Waals surface area contributed by atoms with Crippen LogP contribution in [0.1, 0.15) is 38.5 Å². The summed E-state index contributed by atoms with van der Waals surface area (Å²) in [6.07, 6.45) is 8.75. The van der Waals surface area contributed by atoms with Gasteiger partial charge >= 0.3 is 5.97 Å². The van der Waals surface area contributed by atoms with Crippen LogP contribution in [0.4, 0.5) is 0 Å². The number of hydrogen-bond acceptors (Lipinski definition) is 2. The first-order valence-electron chi connectivity index (χ1n) is 5.39. The molecule has 0 aliphatic heterocycles. The Morgan fingerprint density at radius 2 is 2.29 bits per heavy atom. The van der Waals surface area contributed by atoms with Crippen LogP contribution in [-0.2, 0) is 4.79 Å². The van der Waals surface area contributed by atoms with E-state index in [-0.39, 0.29) is 6.42 Å². The maximum absolute atomic E-state index is 10.2. The van der Waals surface area contributed by atoms with Crippen molar-refractivity contribution in [3.05, 3.63) is 11.6 Å². The fourth-order valence-electron chi connectivity index (χ4n) is 1.70. The van der Waals surface area contributed by atoms with Gasteiger partial charge in [-0.1, -0.05) is 11.6 Å². The fourth-order valence-corrected chi connectivity index (χ4v) is 1.70. The quantitative estimate of drug-likeness (QED) is 0.505. The van der Waals surface area contributed by atoms with Crippen LogP contribution in [-0.4, -0.2) is 24.2 Å². The summed E-state index contributed by atoms with van der Waals surface area (Å²) >= 11 is 0. The Labute approximate surface area is 85.2 Å². The first kappa shape index (κ1) is 11.2. The van der Waals surface area contributed by atoms with E-state index in [0.717, 1.165) is 13.0 Å². The highest BCUT2D eigenvalue weighted by Gasteiger charge is 2.02. The minimum absolute atomic E-state index is 0.221. The smallest absolute Gasteiger partial charge is 0.304 e. The Kier molecular flexibility index (Phi) is 5.30. The standard InChI is InChI=1S/C11H19NO2/c13-11(14)7-9-12-8-6-10-4-2-1-3-5-10/h4,12H,1-3,5-9H2,(H,13,14). The van der Waals surface area contributed by atoms with Crippen LogP contribution in [0.5, 0.6) is 0 Å². The van der Waals surface area contributed by atoms with Crippen molar-refractivity contribution in [1.82, 2.24) is 5.32 Å². The SMILES string of the molecule is O=C(O)CCNCCC1=CCCCC1. The van der Waals surface area contributed by atoms with Crippen LogP contribution in [0.3, 0.4) is 0 Å². The Bertz CT molecular complexity index is 211. The average Bonchev–Trinajstić information content (AvgIpc) is 2.18. The molecule has 0 unspecified atom stereocenters. The zero-order chi connectivity index (χ0) is 10.2. The molecule has 0 saturated heterocycles. The van der Waals surface area contributed by atoms with E-state index in [4.69, 9.17) is 5.11 Å². The second-order valence-electron chi connectivity index (χ2n) is 3.75. The molecule has 1 aliphatic carbocycles. The van der Waals surface area contributed by atoms with E-state index in [1.165, 1.54) is 25.7 Å². The van der Waals surface area contributed by atoms with Gasteiger partial charge < -0.3 is 10.4 Å². The highest BCUT2D eigenvalue weighted by molar-refractivity contribution is 5.66. The van der Waals surface area contributed by atoms with Crippen LogP contribution in [0.25, 0.3) is 0 Å². The minimum atomic E-state index is -0.727. The number of hydrogen-bond donors (Lipinski definition) is 2. The van der Waals surface area contributed by atoms with Gasteiger partial charge in [0.2, 0.25) is 0 Å². The molecule has 0 aromatic rings. The molecule has 0 fully saturated rings. The summed E-state index contributed by atoms with van der Waals surface area (Å²) in [7, 11) is 0. The monoisotopic (exact) mass is 197 g/mol.